The van der Waals surface area contributed by atoms with E-state index in [1.807, 2.05) is 26.8 Å². The van der Waals surface area contributed by atoms with Gasteiger partial charge < -0.3 is 15.4 Å². The molecule has 1 saturated carbocycles. The Labute approximate surface area is 125 Å². The largest absolute Gasteiger partial charge is 0.444 e. The number of rotatable bonds is 6. The first-order valence-electron chi connectivity index (χ1n) is 7.47. The number of carbonyl (C=O) groups excluding carboxylic acids is 1. The minimum atomic E-state index is -0.456. The van der Waals surface area contributed by atoms with Gasteiger partial charge in [0.2, 0.25) is 0 Å². The second kappa shape index (κ2) is 6.74. The van der Waals surface area contributed by atoms with Crippen molar-refractivity contribution >= 4 is 11.9 Å². The molecule has 2 rings (SSSR count). The monoisotopic (exact) mass is 292 g/mol. The topological polar surface area (TPSA) is 76.1 Å². The SMILES string of the molecule is CC(C)(C)OC(=O)NCCCNc1cc(C2CC2)ncn1. The molecule has 0 aliphatic heterocycles. The number of hydrogen-bond acceptors (Lipinski definition) is 5. The van der Waals surface area contributed by atoms with Gasteiger partial charge >= 0.3 is 6.09 Å². The predicted molar refractivity (Wildman–Crippen MR) is 81.4 cm³/mol. The fourth-order valence-electron chi connectivity index (χ4n) is 1.88. The molecule has 1 aromatic heterocycles. The van der Waals surface area contributed by atoms with Gasteiger partial charge in [-0.15, -0.1) is 0 Å². The lowest BCUT2D eigenvalue weighted by molar-refractivity contribution is 0.0528. The van der Waals surface area contributed by atoms with Crippen molar-refractivity contribution in [1.29, 1.82) is 0 Å². The Morgan fingerprint density at radius 3 is 2.76 bits per heavy atom. The van der Waals surface area contributed by atoms with E-state index >= 15 is 0 Å². The molecule has 0 atom stereocenters. The van der Waals surface area contributed by atoms with Crippen molar-refractivity contribution in [2.24, 2.45) is 0 Å². The number of anilines is 1. The quantitative estimate of drug-likeness (QED) is 0.788. The second-order valence-corrected chi connectivity index (χ2v) is 6.31. The third-order valence-electron chi connectivity index (χ3n) is 3.01. The molecular formula is C15H24N4O2. The lowest BCUT2D eigenvalue weighted by Gasteiger charge is -2.19. The van der Waals surface area contributed by atoms with Crippen LogP contribution >= 0.6 is 0 Å². The van der Waals surface area contributed by atoms with Crippen LogP contribution in [0, 0.1) is 0 Å². The molecule has 0 saturated heterocycles. The van der Waals surface area contributed by atoms with E-state index in [1.165, 1.54) is 12.8 Å². The highest BCUT2D eigenvalue weighted by atomic mass is 16.6. The van der Waals surface area contributed by atoms with E-state index in [2.05, 4.69) is 20.6 Å². The van der Waals surface area contributed by atoms with E-state index in [4.69, 9.17) is 4.74 Å². The zero-order chi connectivity index (χ0) is 15.3. The molecule has 21 heavy (non-hydrogen) atoms. The number of hydrogen-bond donors (Lipinski definition) is 2. The Morgan fingerprint density at radius 2 is 2.10 bits per heavy atom. The summed E-state index contributed by atoms with van der Waals surface area (Å²) < 4.78 is 5.16. The van der Waals surface area contributed by atoms with Crippen LogP contribution in [0.4, 0.5) is 10.6 Å². The predicted octanol–water partition coefficient (Wildman–Crippen LogP) is 2.68. The number of ether oxygens (including phenoxy) is 1. The van der Waals surface area contributed by atoms with Gasteiger partial charge in [-0.2, -0.15) is 0 Å². The van der Waals surface area contributed by atoms with Crippen LogP contribution in [-0.2, 0) is 4.74 Å². The van der Waals surface area contributed by atoms with Crippen molar-refractivity contribution in [2.45, 2.75) is 51.6 Å². The maximum absolute atomic E-state index is 11.4. The minimum Gasteiger partial charge on any atom is -0.444 e. The Balaban J connectivity index is 1.61. The van der Waals surface area contributed by atoms with E-state index in [-0.39, 0.29) is 6.09 Å². The average molecular weight is 292 g/mol. The molecule has 1 heterocycles. The van der Waals surface area contributed by atoms with Gasteiger partial charge in [-0.25, -0.2) is 14.8 Å². The first-order valence-corrected chi connectivity index (χ1v) is 7.47. The van der Waals surface area contributed by atoms with Gasteiger partial charge in [-0.3, -0.25) is 0 Å². The van der Waals surface area contributed by atoms with Crippen LogP contribution in [0.3, 0.4) is 0 Å². The number of alkyl carbamates (subject to hydrolysis) is 1. The summed E-state index contributed by atoms with van der Waals surface area (Å²) >= 11 is 0. The van der Waals surface area contributed by atoms with Gasteiger partial charge in [0.1, 0.15) is 17.7 Å². The summed E-state index contributed by atoms with van der Waals surface area (Å²) in [5.74, 6) is 1.48. The highest BCUT2D eigenvalue weighted by Crippen LogP contribution is 2.39. The van der Waals surface area contributed by atoms with E-state index < -0.39 is 5.60 Å². The fourth-order valence-corrected chi connectivity index (χ4v) is 1.88. The maximum Gasteiger partial charge on any atom is 0.407 e. The van der Waals surface area contributed by atoms with Crippen LogP contribution in [0.1, 0.15) is 51.6 Å². The van der Waals surface area contributed by atoms with Gasteiger partial charge in [0, 0.05) is 30.8 Å². The molecule has 1 aromatic rings. The fraction of sp³-hybridized carbons (Fsp3) is 0.667. The first kappa shape index (κ1) is 15.5. The summed E-state index contributed by atoms with van der Waals surface area (Å²) in [5.41, 5.74) is 0.669. The van der Waals surface area contributed by atoms with E-state index in [1.54, 1.807) is 6.33 Å². The highest BCUT2D eigenvalue weighted by molar-refractivity contribution is 5.67. The molecule has 2 N–H and O–H groups in total. The standard InChI is InChI=1S/C15H24N4O2/c1-15(2,3)21-14(20)17-8-4-7-16-13-9-12(11-5-6-11)18-10-19-13/h9-11H,4-8H2,1-3H3,(H,17,20)(H,16,18,19). The van der Waals surface area contributed by atoms with Crippen molar-refractivity contribution < 1.29 is 9.53 Å². The Hall–Kier alpha value is -1.85. The van der Waals surface area contributed by atoms with E-state index in [9.17, 15) is 4.79 Å². The normalized spacial score (nSPS) is 14.6. The van der Waals surface area contributed by atoms with E-state index in [0.29, 0.717) is 12.5 Å². The number of aromatic nitrogens is 2. The molecule has 0 aromatic carbocycles. The van der Waals surface area contributed by atoms with Crippen LogP contribution in [0.2, 0.25) is 0 Å². The Kier molecular flexibility index (Phi) is 4.98. The van der Waals surface area contributed by atoms with E-state index in [0.717, 1.165) is 24.5 Å². The molecular weight excluding hydrogens is 268 g/mol. The smallest absolute Gasteiger partial charge is 0.407 e. The van der Waals surface area contributed by atoms with Gasteiger partial charge in [0.05, 0.1) is 0 Å². The van der Waals surface area contributed by atoms with Crippen molar-refractivity contribution in [3.05, 3.63) is 18.1 Å². The molecule has 0 radical (unpaired) electrons. The van der Waals surface area contributed by atoms with Crippen molar-refractivity contribution in [3.63, 3.8) is 0 Å². The molecule has 1 fully saturated rings. The first-order chi connectivity index (χ1) is 9.94. The summed E-state index contributed by atoms with van der Waals surface area (Å²) in [5, 5.41) is 5.98. The zero-order valence-electron chi connectivity index (χ0n) is 13.0. The highest BCUT2D eigenvalue weighted by Gasteiger charge is 2.25. The van der Waals surface area contributed by atoms with Gasteiger partial charge in [-0.05, 0) is 40.0 Å². The van der Waals surface area contributed by atoms with Gasteiger partial charge in [0.15, 0.2) is 0 Å². The van der Waals surface area contributed by atoms with Crippen LogP contribution in [0.5, 0.6) is 0 Å². The zero-order valence-corrected chi connectivity index (χ0v) is 13.0. The molecule has 0 unspecified atom stereocenters. The number of amides is 1. The van der Waals surface area contributed by atoms with Crippen LogP contribution in [0.15, 0.2) is 12.4 Å². The van der Waals surface area contributed by atoms with Crippen LogP contribution < -0.4 is 10.6 Å². The summed E-state index contributed by atoms with van der Waals surface area (Å²) in [7, 11) is 0. The molecule has 1 amide bonds. The average Bonchev–Trinajstić information content (AvgIpc) is 3.21. The number of nitrogens with zero attached hydrogens (tertiary/aromatic N) is 2. The lowest BCUT2D eigenvalue weighted by Crippen LogP contribution is -2.33. The summed E-state index contributed by atoms with van der Waals surface area (Å²) in [4.78, 5) is 19.9. The third kappa shape index (κ3) is 5.97. The molecule has 1 aliphatic carbocycles. The molecule has 0 bridgehead atoms. The molecule has 116 valence electrons. The lowest BCUT2D eigenvalue weighted by atomic mass is 10.2. The second-order valence-electron chi connectivity index (χ2n) is 6.31. The van der Waals surface area contributed by atoms with Crippen molar-refractivity contribution in [1.82, 2.24) is 15.3 Å². The van der Waals surface area contributed by atoms with Gasteiger partial charge in [0.25, 0.3) is 0 Å². The molecule has 6 nitrogen and oxygen atoms in total. The summed E-state index contributed by atoms with van der Waals surface area (Å²) in [6.45, 7) is 6.86. The summed E-state index contributed by atoms with van der Waals surface area (Å²) in [6, 6.07) is 2.01. The maximum atomic E-state index is 11.4. The van der Waals surface area contributed by atoms with Crippen molar-refractivity contribution in [3.8, 4) is 0 Å². The number of carbonyl (C=O) groups is 1. The van der Waals surface area contributed by atoms with Crippen LogP contribution in [-0.4, -0.2) is 34.8 Å². The summed E-state index contributed by atoms with van der Waals surface area (Å²) in [6.07, 6.45) is 4.50. The van der Waals surface area contributed by atoms with Crippen molar-refractivity contribution in [2.75, 3.05) is 18.4 Å². The van der Waals surface area contributed by atoms with Gasteiger partial charge in [-0.1, -0.05) is 0 Å². The molecule has 0 spiro atoms. The van der Waals surface area contributed by atoms with Crippen LogP contribution in [0.25, 0.3) is 0 Å². The Bertz CT molecular complexity index is 481. The Morgan fingerprint density at radius 1 is 1.33 bits per heavy atom. The number of nitrogens with one attached hydrogen (secondary N) is 2. The molecule has 1 aliphatic rings. The minimum absolute atomic E-state index is 0.374. The third-order valence-corrected chi connectivity index (χ3v) is 3.01. The molecule has 6 heteroatoms.